The molecule has 2 rings (SSSR count). The number of ether oxygens (including phenoxy) is 1. The van der Waals surface area contributed by atoms with E-state index in [1.165, 1.54) is 25.7 Å². The second-order valence-corrected chi connectivity index (χ2v) is 4.67. The SMILES string of the molecule is NCC1OC(=O)CC12CCCCCC2. The van der Waals surface area contributed by atoms with Gasteiger partial charge in [-0.15, -0.1) is 0 Å². The lowest BCUT2D eigenvalue weighted by atomic mass is 9.74. The molecule has 1 aliphatic heterocycles. The van der Waals surface area contributed by atoms with E-state index in [1.807, 2.05) is 0 Å². The number of hydrogen-bond donors (Lipinski definition) is 1. The van der Waals surface area contributed by atoms with Crippen LogP contribution >= 0.6 is 0 Å². The summed E-state index contributed by atoms with van der Waals surface area (Å²) in [5, 5.41) is 0. The second kappa shape index (κ2) is 3.89. The van der Waals surface area contributed by atoms with Crippen molar-refractivity contribution in [3.63, 3.8) is 0 Å². The number of esters is 1. The second-order valence-electron chi connectivity index (χ2n) is 4.67. The maximum absolute atomic E-state index is 11.3. The van der Waals surface area contributed by atoms with Gasteiger partial charge in [-0.2, -0.15) is 0 Å². The summed E-state index contributed by atoms with van der Waals surface area (Å²) >= 11 is 0. The van der Waals surface area contributed by atoms with E-state index in [9.17, 15) is 4.79 Å². The molecule has 0 radical (unpaired) electrons. The molecular weight excluding hydrogens is 178 g/mol. The summed E-state index contributed by atoms with van der Waals surface area (Å²) in [5.74, 6) is -0.0395. The van der Waals surface area contributed by atoms with Gasteiger partial charge in [0, 0.05) is 12.0 Å². The molecule has 1 aliphatic carbocycles. The Morgan fingerprint density at radius 1 is 1.29 bits per heavy atom. The number of hydrogen-bond acceptors (Lipinski definition) is 3. The van der Waals surface area contributed by atoms with Crippen LogP contribution in [0.25, 0.3) is 0 Å². The quantitative estimate of drug-likeness (QED) is 0.650. The minimum Gasteiger partial charge on any atom is -0.460 e. The van der Waals surface area contributed by atoms with Crippen LogP contribution in [0.2, 0.25) is 0 Å². The zero-order valence-electron chi connectivity index (χ0n) is 8.63. The van der Waals surface area contributed by atoms with Crippen LogP contribution in [0.3, 0.4) is 0 Å². The summed E-state index contributed by atoms with van der Waals surface area (Å²) in [7, 11) is 0. The van der Waals surface area contributed by atoms with Gasteiger partial charge in [-0.05, 0) is 12.8 Å². The minimum absolute atomic E-state index is 0.00639. The third kappa shape index (κ3) is 1.65. The molecule has 1 heterocycles. The molecule has 2 aliphatic rings. The standard InChI is InChI=1S/C11H19NO2/c12-8-9-11(7-10(13)14-9)5-3-1-2-4-6-11/h9H,1-8,12H2. The highest BCUT2D eigenvalue weighted by atomic mass is 16.6. The van der Waals surface area contributed by atoms with E-state index in [0.29, 0.717) is 13.0 Å². The van der Waals surface area contributed by atoms with Gasteiger partial charge in [-0.1, -0.05) is 25.7 Å². The minimum atomic E-state index is -0.0395. The highest BCUT2D eigenvalue weighted by Gasteiger charge is 2.47. The molecule has 1 unspecified atom stereocenters. The molecule has 1 spiro atoms. The summed E-state index contributed by atoms with van der Waals surface area (Å²) < 4.78 is 5.30. The molecule has 0 bridgehead atoms. The highest BCUT2D eigenvalue weighted by molar-refractivity contribution is 5.73. The first-order valence-electron chi connectivity index (χ1n) is 5.66. The lowest BCUT2D eigenvalue weighted by molar-refractivity contribution is -0.141. The van der Waals surface area contributed by atoms with E-state index in [4.69, 9.17) is 10.5 Å². The fraction of sp³-hybridized carbons (Fsp3) is 0.909. The first-order chi connectivity index (χ1) is 6.77. The number of carbonyl (C=O) groups is 1. The highest BCUT2D eigenvalue weighted by Crippen LogP contribution is 2.46. The van der Waals surface area contributed by atoms with Gasteiger partial charge in [-0.3, -0.25) is 4.79 Å². The van der Waals surface area contributed by atoms with Crippen LogP contribution in [-0.2, 0) is 9.53 Å². The van der Waals surface area contributed by atoms with Gasteiger partial charge in [0.2, 0.25) is 0 Å². The van der Waals surface area contributed by atoms with Crippen molar-refractivity contribution < 1.29 is 9.53 Å². The summed E-state index contributed by atoms with van der Waals surface area (Å²) in [6.07, 6.45) is 7.91. The van der Waals surface area contributed by atoms with Gasteiger partial charge in [-0.25, -0.2) is 0 Å². The first kappa shape index (κ1) is 9.97. The van der Waals surface area contributed by atoms with E-state index in [-0.39, 0.29) is 17.5 Å². The Kier molecular flexibility index (Phi) is 2.77. The van der Waals surface area contributed by atoms with Gasteiger partial charge in [0.1, 0.15) is 6.10 Å². The Balaban J connectivity index is 2.14. The average molecular weight is 197 g/mol. The van der Waals surface area contributed by atoms with Crippen LogP contribution in [0.4, 0.5) is 0 Å². The molecule has 80 valence electrons. The number of cyclic esters (lactones) is 1. The molecule has 3 heteroatoms. The number of nitrogens with two attached hydrogens (primary N) is 1. The molecule has 0 aromatic carbocycles. The van der Waals surface area contributed by atoms with Crippen LogP contribution in [0.5, 0.6) is 0 Å². The van der Waals surface area contributed by atoms with Crippen molar-refractivity contribution in [1.82, 2.24) is 0 Å². The van der Waals surface area contributed by atoms with E-state index in [0.717, 1.165) is 12.8 Å². The monoisotopic (exact) mass is 197 g/mol. The Bertz CT molecular complexity index is 219. The van der Waals surface area contributed by atoms with Gasteiger partial charge in [0.25, 0.3) is 0 Å². The van der Waals surface area contributed by atoms with Crippen LogP contribution in [0.15, 0.2) is 0 Å². The zero-order valence-corrected chi connectivity index (χ0v) is 8.63. The molecule has 14 heavy (non-hydrogen) atoms. The lowest BCUT2D eigenvalue weighted by Gasteiger charge is -2.30. The van der Waals surface area contributed by atoms with Crippen molar-refractivity contribution in [1.29, 1.82) is 0 Å². The Morgan fingerprint density at radius 3 is 2.50 bits per heavy atom. The lowest BCUT2D eigenvalue weighted by Crippen LogP contribution is -2.36. The van der Waals surface area contributed by atoms with Gasteiger partial charge in [0.15, 0.2) is 0 Å². The van der Waals surface area contributed by atoms with Crippen molar-refractivity contribution in [3.8, 4) is 0 Å². The largest absolute Gasteiger partial charge is 0.460 e. The predicted octanol–water partition coefficient (Wildman–Crippen LogP) is 1.60. The topological polar surface area (TPSA) is 52.3 Å². The summed E-state index contributed by atoms with van der Waals surface area (Å²) in [4.78, 5) is 11.3. The number of rotatable bonds is 1. The van der Waals surface area contributed by atoms with Gasteiger partial charge in [0.05, 0.1) is 6.42 Å². The van der Waals surface area contributed by atoms with Gasteiger partial charge < -0.3 is 10.5 Å². The Labute approximate surface area is 85.0 Å². The zero-order chi connectivity index (χ0) is 10.0. The molecule has 1 saturated heterocycles. The van der Waals surface area contributed by atoms with E-state index >= 15 is 0 Å². The normalized spacial score (nSPS) is 31.5. The fourth-order valence-corrected chi connectivity index (χ4v) is 2.96. The molecule has 1 saturated carbocycles. The van der Waals surface area contributed by atoms with Crippen molar-refractivity contribution >= 4 is 5.97 Å². The average Bonchev–Trinajstić information content (AvgIpc) is 2.37. The summed E-state index contributed by atoms with van der Waals surface area (Å²) in [6.45, 7) is 0.492. The van der Waals surface area contributed by atoms with E-state index in [2.05, 4.69) is 0 Å². The molecule has 0 aromatic rings. The van der Waals surface area contributed by atoms with Crippen LogP contribution in [0.1, 0.15) is 44.9 Å². The fourth-order valence-electron chi connectivity index (χ4n) is 2.96. The maximum Gasteiger partial charge on any atom is 0.306 e. The third-order valence-electron chi connectivity index (χ3n) is 3.77. The Morgan fingerprint density at radius 2 is 1.93 bits per heavy atom. The van der Waals surface area contributed by atoms with Crippen molar-refractivity contribution in [2.24, 2.45) is 11.1 Å². The number of carbonyl (C=O) groups excluding carboxylic acids is 1. The molecule has 2 N–H and O–H groups in total. The molecule has 0 amide bonds. The third-order valence-corrected chi connectivity index (χ3v) is 3.77. The van der Waals surface area contributed by atoms with Crippen molar-refractivity contribution in [3.05, 3.63) is 0 Å². The van der Waals surface area contributed by atoms with Gasteiger partial charge >= 0.3 is 5.97 Å². The van der Waals surface area contributed by atoms with Crippen LogP contribution < -0.4 is 5.73 Å². The molecule has 3 nitrogen and oxygen atoms in total. The molecule has 0 aromatic heterocycles. The van der Waals surface area contributed by atoms with E-state index < -0.39 is 0 Å². The molecule has 1 atom stereocenters. The molecular formula is C11H19NO2. The van der Waals surface area contributed by atoms with Crippen molar-refractivity contribution in [2.45, 2.75) is 51.0 Å². The van der Waals surface area contributed by atoms with Crippen LogP contribution in [0, 0.1) is 5.41 Å². The Hall–Kier alpha value is -0.570. The predicted molar refractivity (Wildman–Crippen MR) is 53.7 cm³/mol. The smallest absolute Gasteiger partial charge is 0.306 e. The van der Waals surface area contributed by atoms with Crippen molar-refractivity contribution in [2.75, 3.05) is 6.54 Å². The summed E-state index contributed by atoms with van der Waals surface area (Å²) in [5.41, 5.74) is 5.77. The van der Waals surface area contributed by atoms with E-state index in [1.54, 1.807) is 0 Å². The van der Waals surface area contributed by atoms with Crippen LogP contribution in [-0.4, -0.2) is 18.6 Å². The maximum atomic E-state index is 11.3. The molecule has 2 fully saturated rings. The first-order valence-corrected chi connectivity index (χ1v) is 5.66. The summed E-state index contributed by atoms with van der Waals surface area (Å²) in [6, 6.07) is 0.